The van der Waals surface area contributed by atoms with Crippen LogP contribution in [0.5, 0.6) is 0 Å². The van der Waals surface area contributed by atoms with Crippen LogP contribution >= 0.6 is 0 Å². The molecule has 0 N–H and O–H groups in total. The van der Waals surface area contributed by atoms with E-state index < -0.39 is 5.54 Å². The van der Waals surface area contributed by atoms with Crippen molar-refractivity contribution in [3.63, 3.8) is 0 Å². The van der Waals surface area contributed by atoms with E-state index in [1.807, 2.05) is 87.5 Å². The van der Waals surface area contributed by atoms with Crippen molar-refractivity contribution in [1.29, 1.82) is 0 Å². The van der Waals surface area contributed by atoms with Crippen LogP contribution in [-0.4, -0.2) is 16.5 Å². The largest absolute Gasteiger partial charge is 0.623 e. The molecule has 0 heterocycles. The number of hydroxylamine groups is 1. The molecule has 0 spiro atoms. The maximum atomic E-state index is 12.1. The molecule has 0 aromatic heterocycles. The minimum atomic E-state index is -0.448. The molecule has 0 amide bonds. The van der Waals surface area contributed by atoms with Crippen molar-refractivity contribution in [3.8, 4) is 0 Å². The molecule has 0 atom stereocenters. The van der Waals surface area contributed by atoms with Gasteiger partial charge < -0.3 is 5.21 Å². The summed E-state index contributed by atoms with van der Waals surface area (Å²) in [7, 11) is 0. The van der Waals surface area contributed by atoms with E-state index in [0.717, 1.165) is 21.4 Å². The minimum absolute atomic E-state index is 0.448. The molecule has 2 heteroatoms. The molecule has 0 aliphatic heterocycles. The lowest BCUT2D eigenvalue weighted by molar-refractivity contribution is -0.530. The summed E-state index contributed by atoms with van der Waals surface area (Å²) in [6.07, 6.45) is 5.46. The lowest BCUT2D eigenvalue weighted by atomic mass is 10.1. The lowest BCUT2D eigenvalue weighted by Crippen LogP contribution is -2.29. The van der Waals surface area contributed by atoms with Gasteiger partial charge in [-0.25, -0.2) is 4.74 Å². The Hall–Kier alpha value is -2.57. The van der Waals surface area contributed by atoms with E-state index in [9.17, 15) is 5.21 Å². The third-order valence-corrected chi connectivity index (χ3v) is 3.20. The number of hydrogen-bond donors (Lipinski definition) is 0. The summed E-state index contributed by atoms with van der Waals surface area (Å²) in [6.45, 7) is 5.68. The van der Waals surface area contributed by atoms with Crippen LogP contribution in [0, 0.1) is 5.21 Å². The molecule has 0 aliphatic rings. The van der Waals surface area contributed by atoms with Crippen molar-refractivity contribution in [2.75, 3.05) is 0 Å². The number of hydrogen-bond acceptors (Lipinski definition) is 1. The van der Waals surface area contributed by atoms with Crippen molar-refractivity contribution < 1.29 is 4.74 Å². The Labute approximate surface area is 132 Å². The SMILES string of the molecule is CC(C)(C)/[N+]([O-])=C/c1ccccc1C=C=Cc1ccccc1. The van der Waals surface area contributed by atoms with Crippen molar-refractivity contribution >= 4 is 18.4 Å². The highest BCUT2D eigenvalue weighted by atomic mass is 16.5. The number of benzene rings is 2. The molecule has 0 saturated heterocycles. The molecule has 0 fully saturated rings. The Kier molecular flexibility index (Phi) is 4.98. The van der Waals surface area contributed by atoms with Crippen molar-refractivity contribution in [2.45, 2.75) is 26.3 Å². The van der Waals surface area contributed by atoms with Gasteiger partial charge in [0.1, 0.15) is 0 Å². The number of nitrogens with zero attached hydrogens (tertiary/aromatic N) is 1. The molecule has 2 nitrogen and oxygen atoms in total. The second-order valence-corrected chi connectivity index (χ2v) is 6.12. The van der Waals surface area contributed by atoms with Crippen molar-refractivity contribution in [2.24, 2.45) is 0 Å². The van der Waals surface area contributed by atoms with Crippen LogP contribution in [0.25, 0.3) is 12.2 Å². The standard InChI is InChI=1S/C20H21NO/c1-20(2,3)21(22)16-19-14-8-7-13-18(19)15-9-12-17-10-5-4-6-11-17/h4-8,10-16H,1-3H3/b21-16-. The fourth-order valence-electron chi connectivity index (χ4n) is 1.86. The van der Waals surface area contributed by atoms with Crippen molar-refractivity contribution in [3.05, 3.63) is 82.2 Å². The van der Waals surface area contributed by atoms with Crippen LogP contribution < -0.4 is 0 Å². The van der Waals surface area contributed by atoms with Gasteiger partial charge in [-0.2, -0.15) is 0 Å². The van der Waals surface area contributed by atoms with Gasteiger partial charge in [0.05, 0.1) is 0 Å². The number of rotatable bonds is 3. The molecule has 22 heavy (non-hydrogen) atoms. The molecular formula is C20H21NO. The van der Waals surface area contributed by atoms with E-state index in [0.29, 0.717) is 0 Å². The molecule has 112 valence electrons. The molecule has 2 aromatic rings. The summed E-state index contributed by atoms with van der Waals surface area (Å²) < 4.78 is 0.987. The van der Waals surface area contributed by atoms with Crippen LogP contribution in [-0.2, 0) is 0 Å². The van der Waals surface area contributed by atoms with Crippen molar-refractivity contribution in [1.82, 2.24) is 0 Å². The first kappa shape index (κ1) is 15.8. The van der Waals surface area contributed by atoms with Gasteiger partial charge >= 0.3 is 0 Å². The van der Waals surface area contributed by atoms with Crippen LogP contribution in [0.15, 0.2) is 60.3 Å². The first-order valence-electron chi connectivity index (χ1n) is 7.35. The second kappa shape index (κ2) is 6.93. The van der Waals surface area contributed by atoms with Crippen LogP contribution in [0.3, 0.4) is 0 Å². The zero-order valence-corrected chi connectivity index (χ0v) is 13.3. The fourth-order valence-corrected chi connectivity index (χ4v) is 1.86. The van der Waals surface area contributed by atoms with Crippen LogP contribution in [0.1, 0.15) is 37.5 Å². The molecule has 2 rings (SSSR count). The Morgan fingerprint density at radius 3 is 2.09 bits per heavy atom. The highest BCUT2D eigenvalue weighted by Gasteiger charge is 2.18. The van der Waals surface area contributed by atoms with E-state index in [1.165, 1.54) is 0 Å². The quantitative estimate of drug-likeness (QED) is 0.264. The van der Waals surface area contributed by atoms with E-state index in [4.69, 9.17) is 0 Å². The summed E-state index contributed by atoms with van der Waals surface area (Å²) in [5.74, 6) is 0. The van der Waals surface area contributed by atoms with E-state index in [1.54, 1.807) is 6.21 Å². The Bertz CT molecular complexity index is 715. The first-order chi connectivity index (χ1) is 10.5. The Morgan fingerprint density at radius 2 is 1.45 bits per heavy atom. The molecule has 0 radical (unpaired) electrons. The van der Waals surface area contributed by atoms with Gasteiger partial charge in [-0.05, 0) is 29.3 Å². The fraction of sp³-hybridized carbons (Fsp3) is 0.200. The highest BCUT2D eigenvalue weighted by Crippen LogP contribution is 2.11. The zero-order chi connectivity index (χ0) is 16.0. The smallest absolute Gasteiger partial charge is 0.182 e. The first-order valence-corrected chi connectivity index (χ1v) is 7.35. The maximum Gasteiger partial charge on any atom is 0.182 e. The van der Waals surface area contributed by atoms with Gasteiger partial charge in [0.2, 0.25) is 0 Å². The molecular weight excluding hydrogens is 270 g/mol. The van der Waals surface area contributed by atoms with Gasteiger partial charge in [0.15, 0.2) is 11.8 Å². The second-order valence-electron chi connectivity index (χ2n) is 6.12. The monoisotopic (exact) mass is 291 g/mol. The predicted octanol–water partition coefficient (Wildman–Crippen LogP) is 4.74. The molecule has 0 saturated carbocycles. The van der Waals surface area contributed by atoms with E-state index in [-0.39, 0.29) is 0 Å². The Morgan fingerprint density at radius 1 is 0.864 bits per heavy atom. The summed E-state index contributed by atoms with van der Waals surface area (Å²) in [5.41, 5.74) is 5.69. The van der Waals surface area contributed by atoms with E-state index >= 15 is 0 Å². The molecule has 0 aliphatic carbocycles. The average Bonchev–Trinajstić information content (AvgIpc) is 2.49. The normalized spacial score (nSPS) is 11.7. The maximum absolute atomic E-state index is 12.1. The van der Waals surface area contributed by atoms with E-state index in [2.05, 4.69) is 5.73 Å². The molecule has 0 unspecified atom stereocenters. The predicted molar refractivity (Wildman–Crippen MR) is 93.9 cm³/mol. The van der Waals surface area contributed by atoms with Gasteiger partial charge in [-0.3, -0.25) is 0 Å². The topological polar surface area (TPSA) is 26.1 Å². The van der Waals surface area contributed by atoms with Gasteiger partial charge in [0, 0.05) is 26.3 Å². The van der Waals surface area contributed by atoms with Gasteiger partial charge in [-0.15, -0.1) is 5.73 Å². The highest BCUT2D eigenvalue weighted by molar-refractivity contribution is 5.82. The zero-order valence-electron chi connectivity index (χ0n) is 13.3. The minimum Gasteiger partial charge on any atom is -0.623 e. The third-order valence-electron chi connectivity index (χ3n) is 3.20. The average molecular weight is 291 g/mol. The summed E-state index contributed by atoms with van der Waals surface area (Å²) in [4.78, 5) is 0. The molecule has 2 aromatic carbocycles. The third kappa shape index (κ3) is 4.47. The van der Waals surface area contributed by atoms with Crippen LogP contribution in [0.2, 0.25) is 0 Å². The summed E-state index contributed by atoms with van der Waals surface area (Å²) in [6, 6.07) is 17.8. The summed E-state index contributed by atoms with van der Waals surface area (Å²) >= 11 is 0. The lowest BCUT2D eigenvalue weighted by Gasteiger charge is -2.18. The van der Waals surface area contributed by atoms with Crippen LogP contribution in [0.4, 0.5) is 0 Å². The Balaban J connectivity index is 2.32. The molecule has 0 bridgehead atoms. The summed E-state index contributed by atoms with van der Waals surface area (Å²) in [5, 5.41) is 12.1. The van der Waals surface area contributed by atoms with Gasteiger partial charge in [-0.1, -0.05) is 48.5 Å². The van der Waals surface area contributed by atoms with Gasteiger partial charge in [0.25, 0.3) is 0 Å².